The fourth-order valence-corrected chi connectivity index (χ4v) is 3.23. The molecule has 0 saturated heterocycles. The second kappa shape index (κ2) is 3.74. The largest absolute Gasteiger partial charge is 0.394 e. The van der Waals surface area contributed by atoms with Crippen LogP contribution in [-0.2, 0) is 5.54 Å². The minimum atomic E-state index is -0.578. The normalized spacial score (nSPS) is 25.9. The maximum Gasteiger partial charge on any atom is 0.0663 e. The molecule has 0 saturated carbocycles. The third-order valence-electron chi connectivity index (χ3n) is 2.57. The van der Waals surface area contributed by atoms with Crippen LogP contribution in [0.2, 0.25) is 5.02 Å². The number of rotatable bonds is 1. The van der Waals surface area contributed by atoms with E-state index >= 15 is 0 Å². The maximum absolute atomic E-state index is 9.30. The first kappa shape index (κ1) is 10.3. The molecule has 1 aliphatic rings. The Labute approximate surface area is 92.4 Å². The molecule has 76 valence electrons. The quantitative estimate of drug-likeness (QED) is 0.774. The molecule has 1 heterocycles. The summed E-state index contributed by atoms with van der Waals surface area (Å²) >= 11 is 7.64. The number of aliphatic hydroxyl groups is 1. The maximum atomic E-state index is 9.30. The Kier molecular flexibility index (Phi) is 2.75. The summed E-state index contributed by atoms with van der Waals surface area (Å²) in [6, 6.07) is 5.65. The van der Waals surface area contributed by atoms with E-state index in [2.05, 4.69) is 0 Å². The van der Waals surface area contributed by atoms with Crippen LogP contribution in [0.25, 0.3) is 0 Å². The summed E-state index contributed by atoms with van der Waals surface area (Å²) in [5.74, 6) is 0.935. The van der Waals surface area contributed by atoms with Crippen molar-refractivity contribution >= 4 is 23.4 Å². The lowest BCUT2D eigenvalue weighted by atomic mass is 9.89. The zero-order valence-electron chi connectivity index (χ0n) is 7.66. The van der Waals surface area contributed by atoms with Crippen molar-refractivity contribution in [2.75, 3.05) is 12.4 Å². The molecule has 0 amide bonds. The summed E-state index contributed by atoms with van der Waals surface area (Å²) in [6.45, 7) is -0.0117. The zero-order valence-corrected chi connectivity index (χ0v) is 9.24. The van der Waals surface area contributed by atoms with Gasteiger partial charge in [0.2, 0.25) is 0 Å². The SMILES string of the molecule is NC1(CO)CCSc2cc(Cl)ccc21. The number of benzene rings is 1. The third-order valence-corrected chi connectivity index (χ3v) is 3.86. The second-order valence-electron chi connectivity index (χ2n) is 3.55. The van der Waals surface area contributed by atoms with Gasteiger partial charge in [-0.05, 0) is 24.1 Å². The van der Waals surface area contributed by atoms with E-state index in [1.54, 1.807) is 11.8 Å². The monoisotopic (exact) mass is 229 g/mol. The van der Waals surface area contributed by atoms with Crippen LogP contribution in [0, 0.1) is 0 Å². The van der Waals surface area contributed by atoms with Gasteiger partial charge in [0.15, 0.2) is 0 Å². The van der Waals surface area contributed by atoms with Gasteiger partial charge < -0.3 is 10.8 Å². The highest BCUT2D eigenvalue weighted by atomic mass is 35.5. The van der Waals surface area contributed by atoms with Crippen molar-refractivity contribution in [2.24, 2.45) is 5.73 Å². The minimum absolute atomic E-state index is 0.0117. The van der Waals surface area contributed by atoms with Crippen molar-refractivity contribution in [1.82, 2.24) is 0 Å². The molecule has 2 rings (SSSR count). The van der Waals surface area contributed by atoms with Crippen molar-refractivity contribution in [1.29, 1.82) is 0 Å². The average Bonchev–Trinajstić information content (AvgIpc) is 2.18. The topological polar surface area (TPSA) is 46.2 Å². The Balaban J connectivity index is 2.50. The third kappa shape index (κ3) is 1.65. The van der Waals surface area contributed by atoms with E-state index in [1.807, 2.05) is 18.2 Å². The first-order valence-corrected chi connectivity index (χ1v) is 5.85. The Bertz CT molecular complexity index is 358. The molecule has 0 aliphatic carbocycles. The van der Waals surface area contributed by atoms with Crippen molar-refractivity contribution in [3.63, 3.8) is 0 Å². The zero-order chi connectivity index (χ0) is 10.2. The Morgan fingerprint density at radius 1 is 1.57 bits per heavy atom. The number of hydrogen-bond acceptors (Lipinski definition) is 3. The van der Waals surface area contributed by atoms with Crippen molar-refractivity contribution in [3.8, 4) is 0 Å². The van der Waals surface area contributed by atoms with Gasteiger partial charge in [0.05, 0.1) is 12.1 Å². The molecule has 4 heteroatoms. The van der Waals surface area contributed by atoms with Gasteiger partial charge in [-0.1, -0.05) is 17.7 Å². The van der Waals surface area contributed by atoms with Crippen molar-refractivity contribution in [2.45, 2.75) is 16.9 Å². The second-order valence-corrected chi connectivity index (χ2v) is 5.13. The van der Waals surface area contributed by atoms with E-state index in [-0.39, 0.29) is 6.61 Å². The van der Waals surface area contributed by atoms with E-state index in [4.69, 9.17) is 17.3 Å². The number of nitrogens with two attached hydrogens (primary N) is 1. The van der Waals surface area contributed by atoms with Gasteiger partial charge >= 0.3 is 0 Å². The first-order chi connectivity index (χ1) is 6.65. The lowest BCUT2D eigenvalue weighted by molar-refractivity contribution is 0.189. The van der Waals surface area contributed by atoms with Gasteiger partial charge in [-0.2, -0.15) is 0 Å². The van der Waals surface area contributed by atoms with E-state index < -0.39 is 5.54 Å². The van der Waals surface area contributed by atoms with Gasteiger partial charge in [-0.3, -0.25) is 0 Å². The van der Waals surface area contributed by atoms with Crippen molar-refractivity contribution < 1.29 is 5.11 Å². The molecule has 0 radical (unpaired) electrons. The predicted octanol–water partition coefficient (Wildman–Crippen LogP) is 1.98. The summed E-state index contributed by atoms with van der Waals surface area (Å²) in [5, 5.41) is 10.0. The molecule has 0 fully saturated rings. The lowest BCUT2D eigenvalue weighted by Gasteiger charge is -2.33. The molecule has 1 unspecified atom stereocenters. The van der Waals surface area contributed by atoms with Gasteiger partial charge in [0, 0.05) is 15.7 Å². The van der Waals surface area contributed by atoms with Crippen LogP contribution in [0.1, 0.15) is 12.0 Å². The molecular weight excluding hydrogens is 218 g/mol. The fourth-order valence-electron chi connectivity index (χ4n) is 1.67. The Morgan fingerprint density at radius 3 is 3.07 bits per heavy atom. The highest BCUT2D eigenvalue weighted by Crippen LogP contribution is 2.39. The van der Waals surface area contributed by atoms with Crippen LogP contribution in [0.4, 0.5) is 0 Å². The standard InChI is InChI=1S/C10H12ClNOS/c11-7-1-2-8-9(5-7)14-4-3-10(8,12)6-13/h1-2,5,13H,3-4,6,12H2. The number of aliphatic hydroxyl groups excluding tert-OH is 1. The van der Waals surface area contributed by atoms with E-state index in [9.17, 15) is 5.11 Å². The molecule has 2 nitrogen and oxygen atoms in total. The van der Waals surface area contributed by atoms with E-state index in [0.29, 0.717) is 0 Å². The minimum Gasteiger partial charge on any atom is -0.394 e. The summed E-state index contributed by atoms with van der Waals surface area (Å²) in [4.78, 5) is 1.10. The highest BCUT2D eigenvalue weighted by molar-refractivity contribution is 7.99. The van der Waals surface area contributed by atoms with Crippen LogP contribution in [0.3, 0.4) is 0 Å². The first-order valence-electron chi connectivity index (χ1n) is 4.48. The van der Waals surface area contributed by atoms with Crippen molar-refractivity contribution in [3.05, 3.63) is 28.8 Å². The fraction of sp³-hybridized carbons (Fsp3) is 0.400. The molecule has 0 bridgehead atoms. The molecule has 1 atom stereocenters. The van der Waals surface area contributed by atoms with E-state index in [0.717, 1.165) is 27.7 Å². The molecule has 1 aromatic carbocycles. The number of halogens is 1. The summed E-state index contributed by atoms with van der Waals surface area (Å²) in [5.41, 5.74) is 6.55. The summed E-state index contributed by atoms with van der Waals surface area (Å²) in [6.07, 6.45) is 0.808. The molecule has 1 aromatic rings. The molecule has 1 aliphatic heterocycles. The highest BCUT2D eigenvalue weighted by Gasteiger charge is 2.32. The van der Waals surface area contributed by atoms with Gasteiger partial charge in [-0.15, -0.1) is 11.8 Å². The van der Waals surface area contributed by atoms with Gasteiger partial charge in [0.25, 0.3) is 0 Å². The Morgan fingerprint density at radius 2 is 2.36 bits per heavy atom. The summed E-state index contributed by atoms with van der Waals surface area (Å²) in [7, 11) is 0. The number of hydrogen-bond donors (Lipinski definition) is 2. The average molecular weight is 230 g/mol. The van der Waals surface area contributed by atoms with Crippen LogP contribution >= 0.6 is 23.4 Å². The van der Waals surface area contributed by atoms with Gasteiger partial charge in [0.1, 0.15) is 0 Å². The smallest absolute Gasteiger partial charge is 0.0663 e. The molecule has 0 spiro atoms. The van der Waals surface area contributed by atoms with Gasteiger partial charge in [-0.25, -0.2) is 0 Å². The van der Waals surface area contributed by atoms with Crippen LogP contribution in [0.15, 0.2) is 23.1 Å². The Hall–Kier alpha value is -0.220. The van der Waals surface area contributed by atoms with Crippen LogP contribution in [0.5, 0.6) is 0 Å². The number of fused-ring (bicyclic) bond motifs is 1. The molecule has 14 heavy (non-hydrogen) atoms. The predicted molar refractivity (Wildman–Crippen MR) is 59.7 cm³/mol. The van der Waals surface area contributed by atoms with Crippen LogP contribution < -0.4 is 5.73 Å². The van der Waals surface area contributed by atoms with E-state index in [1.165, 1.54) is 0 Å². The molecule has 0 aromatic heterocycles. The van der Waals surface area contributed by atoms with Crippen LogP contribution in [-0.4, -0.2) is 17.5 Å². The number of thioether (sulfide) groups is 1. The molecular formula is C10H12ClNOS. The lowest BCUT2D eigenvalue weighted by Crippen LogP contribution is -2.43. The molecule has 3 N–H and O–H groups in total. The summed E-state index contributed by atoms with van der Waals surface area (Å²) < 4.78 is 0.